The van der Waals surface area contributed by atoms with Crippen LogP contribution in [0.2, 0.25) is 0 Å². The Hall–Kier alpha value is -2.08. The van der Waals surface area contributed by atoms with Gasteiger partial charge in [-0.1, -0.05) is 0 Å². The van der Waals surface area contributed by atoms with Crippen molar-refractivity contribution >= 4 is 0 Å². The van der Waals surface area contributed by atoms with Gasteiger partial charge in [0, 0.05) is 0 Å². The first-order valence-electron chi connectivity index (χ1n) is 3.84. The third-order valence-corrected chi connectivity index (χ3v) is 1.65. The monoisotopic (exact) mass is 211 g/mol. The molecule has 0 fully saturated rings. The summed E-state index contributed by atoms with van der Waals surface area (Å²) >= 11 is 0. The van der Waals surface area contributed by atoms with E-state index >= 15 is 0 Å². The molecular weight excluding hydrogens is 207 g/mol. The van der Waals surface area contributed by atoms with Gasteiger partial charge in [0.15, 0.2) is 5.69 Å². The fourth-order valence-electron chi connectivity index (χ4n) is 1.04. The van der Waals surface area contributed by atoms with Gasteiger partial charge in [-0.15, -0.1) is 0 Å². The van der Waals surface area contributed by atoms with Gasteiger partial charge in [-0.05, 0) is 6.07 Å². The lowest BCUT2D eigenvalue weighted by Crippen LogP contribution is -2.02. The van der Waals surface area contributed by atoms with Crippen molar-refractivity contribution in [3.63, 3.8) is 0 Å². The summed E-state index contributed by atoms with van der Waals surface area (Å²) < 4.78 is 37.7. The van der Waals surface area contributed by atoms with E-state index in [-0.39, 0.29) is 12.1 Å². The summed E-state index contributed by atoms with van der Waals surface area (Å²) in [6.45, 7) is 0. The second kappa shape index (κ2) is 4.43. The molecule has 0 saturated carbocycles. The molecule has 0 radical (unpaired) electrons. The van der Waals surface area contributed by atoms with Crippen LogP contribution in [0.3, 0.4) is 0 Å². The topological polar surface area (TPSA) is 60.5 Å². The molecule has 1 aromatic heterocycles. The minimum absolute atomic E-state index is 0.0315. The second-order valence-electron chi connectivity index (χ2n) is 2.61. The Morgan fingerprint density at radius 1 is 1.40 bits per heavy atom. The van der Waals surface area contributed by atoms with Crippen LogP contribution in [0.15, 0.2) is 6.07 Å². The van der Waals surface area contributed by atoms with E-state index in [4.69, 9.17) is 10.5 Å². The Morgan fingerprint density at radius 3 is 2.53 bits per heavy atom. The van der Waals surface area contributed by atoms with Gasteiger partial charge in [0.05, 0.1) is 23.7 Å². The summed E-state index contributed by atoms with van der Waals surface area (Å²) in [5, 5.41) is 16.8. The summed E-state index contributed by atoms with van der Waals surface area (Å²) in [6.07, 6.45) is -3.32. The van der Waals surface area contributed by atoms with E-state index in [1.54, 1.807) is 6.07 Å². The SMILES string of the molecule is N#CCc1cc(F)c(C(F)F)c(C#N)n1. The Morgan fingerprint density at radius 2 is 2.07 bits per heavy atom. The Labute approximate surface area is 83.4 Å². The Balaban J connectivity index is 3.34. The Bertz CT molecular complexity index is 457. The lowest BCUT2D eigenvalue weighted by atomic mass is 10.1. The maximum Gasteiger partial charge on any atom is 0.269 e. The van der Waals surface area contributed by atoms with Gasteiger partial charge in [-0.25, -0.2) is 18.2 Å². The third-order valence-electron chi connectivity index (χ3n) is 1.65. The van der Waals surface area contributed by atoms with E-state index < -0.39 is 23.5 Å². The number of aromatic nitrogens is 1. The van der Waals surface area contributed by atoms with Crippen molar-refractivity contribution in [2.45, 2.75) is 12.8 Å². The number of hydrogen-bond acceptors (Lipinski definition) is 3. The molecule has 0 aliphatic rings. The fraction of sp³-hybridized carbons (Fsp3) is 0.222. The molecule has 0 aromatic carbocycles. The minimum atomic E-state index is -3.09. The van der Waals surface area contributed by atoms with Crippen LogP contribution in [0.5, 0.6) is 0 Å². The van der Waals surface area contributed by atoms with Crippen LogP contribution in [0, 0.1) is 28.5 Å². The zero-order valence-electron chi connectivity index (χ0n) is 7.34. The molecule has 1 heterocycles. The highest BCUT2D eigenvalue weighted by Crippen LogP contribution is 2.25. The zero-order valence-corrected chi connectivity index (χ0v) is 7.34. The van der Waals surface area contributed by atoms with Crippen LogP contribution in [-0.4, -0.2) is 4.98 Å². The van der Waals surface area contributed by atoms with Crippen molar-refractivity contribution in [3.8, 4) is 12.1 Å². The number of rotatable bonds is 2. The molecule has 0 amide bonds. The zero-order chi connectivity index (χ0) is 11.4. The summed E-state index contributed by atoms with van der Waals surface area (Å²) in [5.41, 5.74) is -1.72. The van der Waals surface area contributed by atoms with Gasteiger partial charge in [-0.3, -0.25) is 0 Å². The number of halogens is 3. The molecule has 3 nitrogen and oxygen atoms in total. The van der Waals surface area contributed by atoms with Crippen molar-refractivity contribution < 1.29 is 13.2 Å². The van der Waals surface area contributed by atoms with Crippen molar-refractivity contribution in [2.24, 2.45) is 0 Å². The van der Waals surface area contributed by atoms with Gasteiger partial charge in [0.2, 0.25) is 0 Å². The predicted octanol–water partition coefficient (Wildman–Crippen LogP) is 2.10. The van der Waals surface area contributed by atoms with E-state index in [1.165, 1.54) is 6.07 Å². The molecule has 1 aromatic rings. The number of hydrogen-bond donors (Lipinski definition) is 0. The lowest BCUT2D eigenvalue weighted by molar-refractivity contribution is 0.145. The molecule has 0 N–H and O–H groups in total. The number of alkyl halides is 2. The maximum absolute atomic E-state index is 13.1. The van der Waals surface area contributed by atoms with Crippen LogP contribution in [0.25, 0.3) is 0 Å². The average Bonchev–Trinajstić information content (AvgIpc) is 2.16. The fourth-order valence-corrected chi connectivity index (χ4v) is 1.04. The largest absolute Gasteiger partial charge is 0.269 e. The van der Waals surface area contributed by atoms with Crippen molar-refractivity contribution in [1.82, 2.24) is 4.98 Å². The first-order chi connectivity index (χ1) is 7.10. The first kappa shape index (κ1) is 11.0. The highest BCUT2D eigenvalue weighted by Gasteiger charge is 2.20. The summed E-state index contributed by atoms with van der Waals surface area (Å²) in [6, 6.07) is 3.80. The second-order valence-corrected chi connectivity index (χ2v) is 2.61. The number of pyridine rings is 1. The van der Waals surface area contributed by atoms with E-state index in [0.717, 1.165) is 6.07 Å². The molecule has 0 aliphatic heterocycles. The molecule has 0 saturated heterocycles. The molecule has 0 unspecified atom stereocenters. The minimum Gasteiger partial charge on any atom is -0.240 e. The van der Waals surface area contributed by atoms with Crippen LogP contribution in [-0.2, 0) is 6.42 Å². The molecule has 76 valence electrons. The van der Waals surface area contributed by atoms with E-state index in [1.807, 2.05) is 0 Å². The third kappa shape index (κ3) is 2.23. The molecule has 15 heavy (non-hydrogen) atoms. The van der Waals surface area contributed by atoms with Gasteiger partial charge in [0.1, 0.15) is 11.9 Å². The standard InChI is InChI=1S/C9H4F3N3/c10-6-3-5(1-2-13)15-7(4-14)8(6)9(11)12/h3,9H,1H2. The smallest absolute Gasteiger partial charge is 0.240 e. The normalized spacial score (nSPS) is 9.73. The molecule has 0 aliphatic carbocycles. The summed E-state index contributed by atoms with van der Waals surface area (Å²) in [7, 11) is 0. The van der Waals surface area contributed by atoms with Crippen molar-refractivity contribution in [3.05, 3.63) is 28.8 Å². The maximum atomic E-state index is 13.1. The quantitative estimate of drug-likeness (QED) is 0.752. The summed E-state index contributed by atoms with van der Waals surface area (Å²) in [4.78, 5) is 3.46. The molecule has 6 heteroatoms. The highest BCUT2D eigenvalue weighted by molar-refractivity contribution is 5.35. The van der Waals surface area contributed by atoms with Crippen molar-refractivity contribution in [1.29, 1.82) is 10.5 Å². The van der Waals surface area contributed by atoms with Gasteiger partial charge < -0.3 is 0 Å². The Kier molecular flexibility index (Phi) is 3.25. The van der Waals surface area contributed by atoms with E-state index in [0.29, 0.717) is 0 Å². The van der Waals surface area contributed by atoms with Crippen LogP contribution < -0.4 is 0 Å². The van der Waals surface area contributed by atoms with Crippen LogP contribution in [0.4, 0.5) is 13.2 Å². The van der Waals surface area contributed by atoms with Crippen molar-refractivity contribution in [2.75, 3.05) is 0 Å². The van der Waals surface area contributed by atoms with Crippen LogP contribution >= 0.6 is 0 Å². The first-order valence-corrected chi connectivity index (χ1v) is 3.84. The summed E-state index contributed by atoms with van der Waals surface area (Å²) in [5.74, 6) is -1.21. The van der Waals surface area contributed by atoms with Crippen LogP contribution in [0.1, 0.15) is 23.4 Å². The molecule has 0 atom stereocenters. The van der Waals surface area contributed by atoms with Gasteiger partial charge in [0.25, 0.3) is 6.43 Å². The van der Waals surface area contributed by atoms with E-state index in [9.17, 15) is 13.2 Å². The highest BCUT2D eigenvalue weighted by atomic mass is 19.3. The average molecular weight is 211 g/mol. The number of nitrogens with zero attached hydrogens (tertiary/aromatic N) is 3. The predicted molar refractivity (Wildman–Crippen MR) is 43.2 cm³/mol. The van der Waals surface area contributed by atoms with Gasteiger partial charge >= 0.3 is 0 Å². The van der Waals surface area contributed by atoms with Gasteiger partial charge in [-0.2, -0.15) is 10.5 Å². The molecular formula is C9H4F3N3. The molecule has 0 spiro atoms. The molecule has 0 bridgehead atoms. The number of nitriles is 2. The molecule has 1 rings (SSSR count). The lowest BCUT2D eigenvalue weighted by Gasteiger charge is -2.04. The van der Waals surface area contributed by atoms with E-state index in [2.05, 4.69) is 4.98 Å².